The van der Waals surface area contributed by atoms with Crippen molar-refractivity contribution < 1.29 is 0 Å². The van der Waals surface area contributed by atoms with Crippen molar-refractivity contribution in [2.24, 2.45) is 11.8 Å². The normalized spacial score (nSPS) is 19.6. The third-order valence-electron chi connectivity index (χ3n) is 8.25. The molecule has 0 amide bonds. The first-order chi connectivity index (χ1) is 19.7. The third kappa shape index (κ3) is 5.49. The lowest BCUT2D eigenvalue weighted by Gasteiger charge is -2.35. The van der Waals surface area contributed by atoms with Gasteiger partial charge in [0.25, 0.3) is 0 Å². The summed E-state index contributed by atoms with van der Waals surface area (Å²) in [5.74, 6) is 0.784. The van der Waals surface area contributed by atoms with Crippen LogP contribution >= 0.6 is 15.8 Å². The van der Waals surface area contributed by atoms with Crippen LogP contribution in [0.3, 0.4) is 0 Å². The maximum absolute atomic E-state index is 2.46. The van der Waals surface area contributed by atoms with E-state index in [9.17, 15) is 0 Å². The van der Waals surface area contributed by atoms with E-state index in [-0.39, 0.29) is 0 Å². The summed E-state index contributed by atoms with van der Waals surface area (Å²) in [5.41, 5.74) is 4.01. The molecule has 0 saturated heterocycles. The highest BCUT2D eigenvalue weighted by Crippen LogP contribution is 2.52. The van der Waals surface area contributed by atoms with Crippen molar-refractivity contribution in [3.05, 3.63) is 169 Å². The first kappa shape index (κ1) is 26.9. The SMILES string of the molecule is C[C@@H](C1=CC=C[C@@H]1[C@H]1C=CC=C1[C@H](C)P(c1ccccc1)c1ccccc1)P(c1ccccc1)c1ccccc1. The van der Waals surface area contributed by atoms with E-state index in [1.54, 1.807) is 11.1 Å². The van der Waals surface area contributed by atoms with E-state index in [0.29, 0.717) is 23.2 Å². The van der Waals surface area contributed by atoms with Gasteiger partial charge in [0.15, 0.2) is 0 Å². The van der Waals surface area contributed by atoms with Crippen LogP contribution in [-0.2, 0) is 0 Å². The third-order valence-corrected chi connectivity index (χ3v) is 13.8. The molecule has 0 unspecified atom stereocenters. The van der Waals surface area contributed by atoms with E-state index < -0.39 is 15.8 Å². The van der Waals surface area contributed by atoms with Crippen LogP contribution in [0.5, 0.6) is 0 Å². The summed E-state index contributed by atoms with van der Waals surface area (Å²) >= 11 is 0. The molecule has 0 aromatic heterocycles. The Kier molecular flexibility index (Phi) is 8.39. The maximum atomic E-state index is 2.46. The molecule has 0 nitrogen and oxygen atoms in total. The van der Waals surface area contributed by atoms with E-state index in [0.717, 1.165) is 0 Å². The van der Waals surface area contributed by atoms with Crippen molar-refractivity contribution in [3.63, 3.8) is 0 Å². The number of rotatable bonds is 9. The highest BCUT2D eigenvalue weighted by atomic mass is 31.1. The number of benzene rings is 4. The van der Waals surface area contributed by atoms with Crippen molar-refractivity contribution in [3.8, 4) is 0 Å². The van der Waals surface area contributed by atoms with Crippen molar-refractivity contribution in [2.75, 3.05) is 0 Å². The summed E-state index contributed by atoms with van der Waals surface area (Å²) < 4.78 is 0. The van der Waals surface area contributed by atoms with Gasteiger partial charge < -0.3 is 0 Å². The van der Waals surface area contributed by atoms with Crippen LogP contribution < -0.4 is 21.2 Å². The van der Waals surface area contributed by atoms with E-state index in [2.05, 4.69) is 172 Å². The van der Waals surface area contributed by atoms with Gasteiger partial charge in [0.05, 0.1) is 0 Å². The maximum Gasteiger partial charge on any atom is 0.00901 e. The molecule has 198 valence electrons. The Morgan fingerprint density at radius 2 is 0.700 bits per heavy atom. The largest absolute Gasteiger partial charge is 0.0764 e. The van der Waals surface area contributed by atoms with Crippen LogP contribution in [0.15, 0.2) is 169 Å². The molecule has 4 aromatic carbocycles. The van der Waals surface area contributed by atoms with Crippen molar-refractivity contribution in [1.29, 1.82) is 0 Å². The molecule has 0 saturated carbocycles. The van der Waals surface area contributed by atoms with E-state index in [1.165, 1.54) is 21.2 Å². The van der Waals surface area contributed by atoms with Crippen molar-refractivity contribution >= 4 is 37.1 Å². The lowest BCUT2D eigenvalue weighted by molar-refractivity contribution is 0.597. The quantitative estimate of drug-likeness (QED) is 0.183. The molecule has 2 aliphatic rings. The molecular formula is C38H36P2. The predicted octanol–water partition coefficient (Wildman–Crippen LogP) is 8.25. The van der Waals surface area contributed by atoms with Gasteiger partial charge in [-0.25, -0.2) is 0 Å². The topological polar surface area (TPSA) is 0 Å². The van der Waals surface area contributed by atoms with Gasteiger partial charge in [-0.1, -0.05) is 183 Å². The molecule has 4 atom stereocenters. The van der Waals surface area contributed by atoms with Gasteiger partial charge in [0, 0.05) is 23.2 Å². The van der Waals surface area contributed by atoms with Crippen LogP contribution in [-0.4, -0.2) is 11.3 Å². The lowest BCUT2D eigenvalue weighted by Crippen LogP contribution is -2.28. The average Bonchev–Trinajstić information content (AvgIpc) is 3.70. The molecule has 2 heteroatoms. The molecule has 0 N–H and O–H groups in total. The highest BCUT2D eigenvalue weighted by molar-refractivity contribution is 7.74. The standard InChI is InChI=1S/C38H36P2/c1-29(39(31-17-7-3-8-18-31)32-19-9-4-10-20-32)35-25-15-27-37(35)38-28-16-26-36(38)30(2)40(33-21-11-5-12-22-33)34-23-13-6-14-24-34/h3-30,37-38H,1-2H3/t29-,30-,37-,38-/m0/s1. The highest BCUT2D eigenvalue weighted by Gasteiger charge is 2.37. The fourth-order valence-electron chi connectivity index (χ4n) is 6.35. The molecule has 0 aliphatic heterocycles. The summed E-state index contributed by atoms with van der Waals surface area (Å²) in [7, 11) is -1.05. The van der Waals surface area contributed by atoms with Gasteiger partial charge in [0.2, 0.25) is 0 Å². The molecule has 0 fully saturated rings. The second kappa shape index (κ2) is 12.5. The van der Waals surface area contributed by atoms with Crippen LogP contribution in [0.2, 0.25) is 0 Å². The fourth-order valence-corrected chi connectivity index (χ4v) is 11.8. The molecule has 6 rings (SSSR count). The second-order valence-electron chi connectivity index (χ2n) is 10.6. The second-order valence-corrected chi connectivity index (χ2v) is 15.7. The molecule has 0 heterocycles. The first-order valence-corrected chi connectivity index (χ1v) is 17.1. The average molecular weight is 555 g/mol. The predicted molar refractivity (Wildman–Crippen MR) is 178 cm³/mol. The first-order valence-electron chi connectivity index (χ1n) is 14.3. The van der Waals surface area contributed by atoms with Gasteiger partial charge in [-0.15, -0.1) is 0 Å². The van der Waals surface area contributed by atoms with Crippen LogP contribution in [0.1, 0.15) is 13.8 Å². The number of allylic oxidation sites excluding steroid dienone is 8. The zero-order chi connectivity index (χ0) is 27.3. The van der Waals surface area contributed by atoms with Gasteiger partial charge in [-0.3, -0.25) is 0 Å². The summed E-state index contributed by atoms with van der Waals surface area (Å²) in [4.78, 5) is 0. The van der Waals surface area contributed by atoms with Gasteiger partial charge in [-0.05, 0) is 37.1 Å². The van der Waals surface area contributed by atoms with E-state index in [4.69, 9.17) is 0 Å². The summed E-state index contributed by atoms with van der Waals surface area (Å²) in [6.45, 7) is 4.92. The van der Waals surface area contributed by atoms with Crippen molar-refractivity contribution in [1.82, 2.24) is 0 Å². The summed E-state index contributed by atoms with van der Waals surface area (Å²) in [6.07, 6.45) is 14.4. The molecule has 0 bridgehead atoms. The van der Waals surface area contributed by atoms with Gasteiger partial charge >= 0.3 is 0 Å². The Bertz CT molecular complexity index is 1320. The minimum atomic E-state index is -0.526. The Morgan fingerprint density at radius 1 is 0.425 bits per heavy atom. The van der Waals surface area contributed by atoms with Gasteiger partial charge in [0.1, 0.15) is 0 Å². The zero-order valence-electron chi connectivity index (χ0n) is 23.2. The summed E-state index contributed by atoms with van der Waals surface area (Å²) in [5, 5.41) is 5.80. The fraction of sp³-hybridized carbons (Fsp3) is 0.158. The molecule has 4 aromatic rings. The Labute approximate surface area is 242 Å². The minimum absolute atomic E-state index is 0.392. The zero-order valence-corrected chi connectivity index (χ0v) is 25.0. The van der Waals surface area contributed by atoms with Crippen LogP contribution in [0.4, 0.5) is 0 Å². The lowest BCUT2D eigenvalue weighted by atomic mass is 9.82. The monoisotopic (exact) mass is 554 g/mol. The van der Waals surface area contributed by atoms with Gasteiger partial charge in [-0.2, -0.15) is 0 Å². The number of hydrogen-bond acceptors (Lipinski definition) is 0. The van der Waals surface area contributed by atoms with E-state index in [1.807, 2.05) is 0 Å². The molecule has 2 aliphatic carbocycles. The number of hydrogen-bond donors (Lipinski definition) is 0. The summed E-state index contributed by atoms with van der Waals surface area (Å²) in [6, 6.07) is 44.6. The molecular weight excluding hydrogens is 518 g/mol. The van der Waals surface area contributed by atoms with Crippen molar-refractivity contribution in [2.45, 2.75) is 25.2 Å². The minimum Gasteiger partial charge on any atom is -0.0764 e. The van der Waals surface area contributed by atoms with Crippen LogP contribution in [0.25, 0.3) is 0 Å². The molecule has 40 heavy (non-hydrogen) atoms. The smallest absolute Gasteiger partial charge is 0.00901 e. The Morgan fingerprint density at radius 3 is 0.975 bits per heavy atom. The Hall–Kier alpha value is -3.30. The van der Waals surface area contributed by atoms with Crippen LogP contribution in [0, 0.1) is 11.8 Å². The molecule has 0 spiro atoms. The molecule has 0 radical (unpaired) electrons. The Balaban J connectivity index is 1.32. The van der Waals surface area contributed by atoms with E-state index >= 15 is 0 Å².